The van der Waals surface area contributed by atoms with Crippen LogP contribution in [0.4, 0.5) is 0 Å². The van der Waals surface area contributed by atoms with Crippen LogP contribution in [0.2, 0.25) is 0 Å². The Hall–Kier alpha value is -1.40. The maximum absolute atomic E-state index is 12.7. The van der Waals surface area contributed by atoms with E-state index in [2.05, 4.69) is 0 Å². The normalized spacial score (nSPS) is 23.0. The van der Waals surface area contributed by atoms with E-state index in [0.717, 1.165) is 49.5 Å². The lowest BCUT2D eigenvalue weighted by Crippen LogP contribution is -2.47. The quantitative estimate of drug-likeness (QED) is 0.841. The summed E-state index contributed by atoms with van der Waals surface area (Å²) < 4.78 is 5.41. The van der Waals surface area contributed by atoms with Crippen LogP contribution in [-0.2, 0) is 9.53 Å². The molecule has 3 heterocycles. The molecule has 0 aromatic carbocycles. The highest BCUT2D eigenvalue weighted by atomic mass is 32.1. The van der Waals surface area contributed by atoms with Gasteiger partial charge >= 0.3 is 0 Å². The van der Waals surface area contributed by atoms with Gasteiger partial charge in [0.15, 0.2) is 0 Å². The standard InChI is InChI=1S/C18H26N2O3S/c1-13-4-9-24-16(13)17(22)19-7-5-18(6-8-19)12-20(14(2)21)10-15(18)11-23-3/h4,9,15H,5-8,10-12H2,1-3H3. The lowest BCUT2D eigenvalue weighted by Gasteiger charge is -2.42. The average molecular weight is 350 g/mol. The molecular weight excluding hydrogens is 324 g/mol. The molecule has 2 saturated heterocycles. The highest BCUT2D eigenvalue weighted by Gasteiger charge is 2.49. The number of hydrogen-bond donors (Lipinski definition) is 0. The number of likely N-dealkylation sites (tertiary alicyclic amines) is 2. The van der Waals surface area contributed by atoms with Crippen molar-refractivity contribution in [2.24, 2.45) is 11.3 Å². The third-order valence-corrected chi connectivity index (χ3v) is 6.73. The number of carbonyl (C=O) groups is 2. The lowest BCUT2D eigenvalue weighted by atomic mass is 9.71. The molecule has 0 aliphatic carbocycles. The van der Waals surface area contributed by atoms with Crippen molar-refractivity contribution in [1.29, 1.82) is 0 Å². The molecule has 0 saturated carbocycles. The Morgan fingerprint density at radius 2 is 2.04 bits per heavy atom. The minimum atomic E-state index is 0.100. The Morgan fingerprint density at radius 1 is 1.33 bits per heavy atom. The molecular formula is C18H26N2O3S. The van der Waals surface area contributed by atoms with Crippen LogP contribution in [0.15, 0.2) is 11.4 Å². The van der Waals surface area contributed by atoms with Gasteiger partial charge in [-0.2, -0.15) is 0 Å². The maximum atomic E-state index is 12.7. The molecule has 1 aromatic rings. The van der Waals surface area contributed by atoms with Gasteiger partial charge in [0.05, 0.1) is 11.5 Å². The van der Waals surface area contributed by atoms with Crippen molar-refractivity contribution in [3.05, 3.63) is 21.9 Å². The molecule has 0 bridgehead atoms. The fourth-order valence-corrected chi connectivity index (χ4v) is 5.05. The molecule has 2 amide bonds. The fraction of sp³-hybridized carbons (Fsp3) is 0.667. The maximum Gasteiger partial charge on any atom is 0.264 e. The number of piperidine rings is 1. The molecule has 1 unspecified atom stereocenters. The molecule has 132 valence electrons. The van der Waals surface area contributed by atoms with E-state index in [1.54, 1.807) is 14.0 Å². The summed E-state index contributed by atoms with van der Waals surface area (Å²) in [4.78, 5) is 29.3. The number of carbonyl (C=O) groups excluding carboxylic acids is 2. The zero-order valence-corrected chi connectivity index (χ0v) is 15.5. The number of hydrogen-bond acceptors (Lipinski definition) is 4. The van der Waals surface area contributed by atoms with Gasteiger partial charge in [0, 0.05) is 46.1 Å². The third-order valence-electron chi connectivity index (χ3n) is 5.73. The summed E-state index contributed by atoms with van der Waals surface area (Å²) in [6.45, 7) is 7.43. The zero-order valence-electron chi connectivity index (χ0n) is 14.7. The molecule has 5 nitrogen and oxygen atoms in total. The van der Waals surface area contributed by atoms with Gasteiger partial charge in [0.1, 0.15) is 0 Å². The fourth-order valence-electron chi connectivity index (χ4n) is 4.16. The minimum Gasteiger partial charge on any atom is -0.384 e. The summed E-state index contributed by atoms with van der Waals surface area (Å²) in [6.07, 6.45) is 1.89. The number of rotatable bonds is 3. The smallest absolute Gasteiger partial charge is 0.264 e. The van der Waals surface area contributed by atoms with Crippen molar-refractivity contribution in [1.82, 2.24) is 9.80 Å². The van der Waals surface area contributed by atoms with Crippen LogP contribution >= 0.6 is 11.3 Å². The minimum absolute atomic E-state index is 0.100. The van der Waals surface area contributed by atoms with E-state index in [1.807, 2.05) is 28.2 Å². The average Bonchev–Trinajstić information content (AvgIpc) is 3.13. The first kappa shape index (κ1) is 17.4. The van der Waals surface area contributed by atoms with Crippen LogP contribution in [0.3, 0.4) is 0 Å². The SMILES string of the molecule is COCC1CN(C(C)=O)CC12CCN(C(=O)c1sccc1C)CC2. The Labute approximate surface area is 147 Å². The van der Waals surface area contributed by atoms with Gasteiger partial charge in [0.2, 0.25) is 5.91 Å². The van der Waals surface area contributed by atoms with Gasteiger partial charge in [0.25, 0.3) is 5.91 Å². The van der Waals surface area contributed by atoms with Gasteiger partial charge in [-0.3, -0.25) is 9.59 Å². The first-order valence-electron chi connectivity index (χ1n) is 8.54. The van der Waals surface area contributed by atoms with E-state index in [-0.39, 0.29) is 17.2 Å². The molecule has 1 spiro atoms. The van der Waals surface area contributed by atoms with Crippen molar-refractivity contribution in [3.8, 4) is 0 Å². The van der Waals surface area contributed by atoms with Crippen LogP contribution < -0.4 is 0 Å². The molecule has 24 heavy (non-hydrogen) atoms. The predicted molar refractivity (Wildman–Crippen MR) is 94.2 cm³/mol. The van der Waals surface area contributed by atoms with E-state index >= 15 is 0 Å². The second-order valence-corrected chi connectivity index (χ2v) is 8.06. The Balaban J connectivity index is 1.69. The largest absolute Gasteiger partial charge is 0.384 e. The molecule has 1 atom stereocenters. The van der Waals surface area contributed by atoms with E-state index < -0.39 is 0 Å². The van der Waals surface area contributed by atoms with Crippen LogP contribution in [0, 0.1) is 18.3 Å². The van der Waals surface area contributed by atoms with Crippen molar-refractivity contribution < 1.29 is 14.3 Å². The number of methoxy groups -OCH3 is 1. The highest BCUT2D eigenvalue weighted by Crippen LogP contribution is 2.45. The highest BCUT2D eigenvalue weighted by molar-refractivity contribution is 7.12. The van der Waals surface area contributed by atoms with E-state index in [1.165, 1.54) is 11.3 Å². The Kier molecular flexibility index (Phi) is 4.97. The first-order valence-corrected chi connectivity index (χ1v) is 9.42. The van der Waals surface area contributed by atoms with Crippen molar-refractivity contribution in [2.45, 2.75) is 26.7 Å². The first-order chi connectivity index (χ1) is 11.5. The van der Waals surface area contributed by atoms with Gasteiger partial charge in [-0.05, 0) is 42.2 Å². The topological polar surface area (TPSA) is 49.9 Å². The zero-order chi connectivity index (χ0) is 17.3. The van der Waals surface area contributed by atoms with Crippen LogP contribution in [-0.4, -0.2) is 61.5 Å². The van der Waals surface area contributed by atoms with Crippen molar-refractivity contribution in [2.75, 3.05) is 39.9 Å². The molecule has 1 aromatic heterocycles. The molecule has 3 rings (SSSR count). The summed E-state index contributed by atoms with van der Waals surface area (Å²) >= 11 is 1.52. The number of ether oxygens (including phenoxy) is 1. The number of nitrogens with zero attached hydrogens (tertiary/aromatic N) is 2. The van der Waals surface area contributed by atoms with Crippen LogP contribution in [0.1, 0.15) is 35.0 Å². The second-order valence-electron chi connectivity index (χ2n) is 7.14. The van der Waals surface area contributed by atoms with Crippen molar-refractivity contribution in [3.63, 3.8) is 0 Å². The van der Waals surface area contributed by atoms with Crippen LogP contribution in [0.25, 0.3) is 0 Å². The number of thiophene rings is 1. The van der Waals surface area contributed by atoms with Crippen LogP contribution in [0.5, 0.6) is 0 Å². The molecule has 2 fully saturated rings. The molecule has 6 heteroatoms. The third kappa shape index (κ3) is 3.09. The van der Waals surface area contributed by atoms with E-state index in [4.69, 9.17) is 4.74 Å². The number of amides is 2. The van der Waals surface area contributed by atoms with E-state index in [0.29, 0.717) is 12.5 Å². The lowest BCUT2D eigenvalue weighted by molar-refractivity contribution is -0.128. The number of aryl methyl sites for hydroxylation is 1. The second kappa shape index (κ2) is 6.84. The summed E-state index contributed by atoms with van der Waals surface area (Å²) in [5.41, 5.74) is 1.16. The van der Waals surface area contributed by atoms with E-state index in [9.17, 15) is 9.59 Å². The molecule has 0 N–H and O–H groups in total. The molecule has 2 aliphatic rings. The summed E-state index contributed by atoms with van der Waals surface area (Å²) in [5.74, 6) is 0.662. The Bertz CT molecular complexity index is 620. The predicted octanol–water partition coefficient (Wildman–Crippen LogP) is 2.40. The van der Waals surface area contributed by atoms with Gasteiger partial charge in [-0.25, -0.2) is 0 Å². The Morgan fingerprint density at radius 3 is 2.58 bits per heavy atom. The van der Waals surface area contributed by atoms with Gasteiger partial charge in [-0.15, -0.1) is 11.3 Å². The molecule has 0 radical (unpaired) electrons. The van der Waals surface area contributed by atoms with Gasteiger partial charge in [-0.1, -0.05) is 0 Å². The van der Waals surface area contributed by atoms with Crippen molar-refractivity contribution >= 4 is 23.2 Å². The monoisotopic (exact) mass is 350 g/mol. The molecule has 2 aliphatic heterocycles. The summed E-state index contributed by atoms with van der Waals surface area (Å²) in [6, 6.07) is 2.00. The summed E-state index contributed by atoms with van der Waals surface area (Å²) in [7, 11) is 1.72. The van der Waals surface area contributed by atoms with Gasteiger partial charge < -0.3 is 14.5 Å². The summed E-state index contributed by atoms with van der Waals surface area (Å²) in [5, 5.41) is 1.98.